The van der Waals surface area contributed by atoms with Crippen LogP contribution >= 0.6 is 11.6 Å². The smallest absolute Gasteiger partial charge is 0.332 e. The summed E-state index contributed by atoms with van der Waals surface area (Å²) in [6.07, 6.45) is 3.45. The van der Waals surface area contributed by atoms with Crippen LogP contribution in [0.15, 0.2) is 52.3 Å². The van der Waals surface area contributed by atoms with Crippen LogP contribution in [0.1, 0.15) is 17.4 Å². The van der Waals surface area contributed by atoms with Crippen molar-refractivity contribution in [2.24, 2.45) is 21.1 Å². The number of carbonyl (C=O) groups is 1. The van der Waals surface area contributed by atoms with Gasteiger partial charge in [0.15, 0.2) is 11.2 Å². The molecule has 10 nitrogen and oxygen atoms in total. The molecule has 3 heterocycles. The molecule has 0 unspecified atom stereocenters. The molecule has 0 spiro atoms. The number of nitrogens with one attached hydrogen (secondary N) is 1. The van der Waals surface area contributed by atoms with Crippen molar-refractivity contribution >= 4 is 28.7 Å². The second-order valence-corrected chi connectivity index (χ2v) is 7.49. The van der Waals surface area contributed by atoms with Gasteiger partial charge in [0.25, 0.3) is 5.56 Å². The Morgan fingerprint density at radius 1 is 1.13 bits per heavy atom. The quantitative estimate of drug-likeness (QED) is 0.459. The van der Waals surface area contributed by atoms with E-state index in [1.807, 2.05) is 41.9 Å². The van der Waals surface area contributed by atoms with E-state index in [-0.39, 0.29) is 23.0 Å². The minimum atomic E-state index is -0.575. The lowest BCUT2D eigenvalue weighted by atomic mass is 10.1. The molecule has 0 aliphatic heterocycles. The average Bonchev–Trinajstić information content (AvgIpc) is 3.33. The first-order valence-electron chi connectivity index (χ1n) is 9.43. The molecule has 1 amide bonds. The van der Waals surface area contributed by atoms with E-state index in [4.69, 9.17) is 11.6 Å². The first-order chi connectivity index (χ1) is 14.8. The molecule has 0 saturated heterocycles. The van der Waals surface area contributed by atoms with Crippen molar-refractivity contribution in [1.82, 2.24) is 33.6 Å². The van der Waals surface area contributed by atoms with Gasteiger partial charge < -0.3 is 9.88 Å². The van der Waals surface area contributed by atoms with Crippen molar-refractivity contribution in [2.75, 3.05) is 0 Å². The Balaban J connectivity index is 1.72. The number of hydrogen-bond donors (Lipinski definition) is 1. The topological polar surface area (TPSA) is 109 Å². The van der Waals surface area contributed by atoms with Gasteiger partial charge in [-0.1, -0.05) is 30.3 Å². The Labute approximate surface area is 181 Å². The zero-order valence-corrected chi connectivity index (χ0v) is 17.9. The molecule has 31 heavy (non-hydrogen) atoms. The van der Waals surface area contributed by atoms with Crippen molar-refractivity contribution in [2.45, 2.75) is 12.6 Å². The SMILES string of the molecule is Cn1ccnc1[C@H](NC(=O)Cn1c(Cl)nc2c1c(=O)n(C)c(=O)n2C)c1ccccc1. The van der Waals surface area contributed by atoms with Crippen LogP contribution in [0, 0.1) is 0 Å². The maximum Gasteiger partial charge on any atom is 0.332 e. The largest absolute Gasteiger partial charge is 0.341 e. The highest BCUT2D eigenvalue weighted by Gasteiger charge is 2.23. The van der Waals surface area contributed by atoms with Gasteiger partial charge in [-0.3, -0.25) is 23.3 Å². The van der Waals surface area contributed by atoms with Crippen LogP contribution in [0.4, 0.5) is 0 Å². The molecule has 0 saturated carbocycles. The predicted octanol–water partition coefficient (Wildman–Crippen LogP) is 0.726. The first-order valence-corrected chi connectivity index (χ1v) is 9.80. The van der Waals surface area contributed by atoms with Crippen LogP contribution < -0.4 is 16.6 Å². The van der Waals surface area contributed by atoms with Crippen LogP contribution in [0.5, 0.6) is 0 Å². The minimum Gasteiger partial charge on any atom is -0.341 e. The van der Waals surface area contributed by atoms with E-state index in [1.165, 1.54) is 23.2 Å². The molecule has 160 valence electrons. The summed E-state index contributed by atoms with van der Waals surface area (Å²) < 4.78 is 5.30. The van der Waals surface area contributed by atoms with E-state index in [2.05, 4.69) is 15.3 Å². The third-order valence-electron chi connectivity index (χ3n) is 5.16. The molecule has 11 heteroatoms. The fourth-order valence-corrected chi connectivity index (χ4v) is 3.74. The molecule has 1 aromatic carbocycles. The summed E-state index contributed by atoms with van der Waals surface area (Å²) >= 11 is 6.23. The maximum absolute atomic E-state index is 13.0. The van der Waals surface area contributed by atoms with E-state index < -0.39 is 23.2 Å². The number of aromatic nitrogens is 6. The molecule has 1 N–H and O–H groups in total. The van der Waals surface area contributed by atoms with Crippen LogP contribution in [0.25, 0.3) is 11.2 Å². The molecule has 0 aliphatic rings. The van der Waals surface area contributed by atoms with Crippen molar-refractivity contribution < 1.29 is 4.79 Å². The lowest BCUT2D eigenvalue weighted by Crippen LogP contribution is -2.38. The van der Waals surface area contributed by atoms with Crippen molar-refractivity contribution in [3.05, 3.63) is 80.2 Å². The van der Waals surface area contributed by atoms with Crippen molar-refractivity contribution in [3.63, 3.8) is 0 Å². The highest BCUT2D eigenvalue weighted by molar-refractivity contribution is 6.29. The summed E-state index contributed by atoms with van der Waals surface area (Å²) in [6, 6.07) is 8.92. The normalized spacial score (nSPS) is 12.3. The molecule has 0 aliphatic carbocycles. The van der Waals surface area contributed by atoms with Gasteiger partial charge in [-0.15, -0.1) is 0 Å². The molecule has 0 bridgehead atoms. The van der Waals surface area contributed by atoms with Gasteiger partial charge in [0.1, 0.15) is 18.4 Å². The number of rotatable bonds is 5. The Morgan fingerprint density at radius 3 is 2.48 bits per heavy atom. The molecular formula is C20H20ClN7O3. The number of benzene rings is 1. The Hall–Kier alpha value is -3.66. The molecule has 4 rings (SSSR count). The average molecular weight is 442 g/mol. The molecule has 4 aromatic rings. The van der Waals surface area contributed by atoms with E-state index >= 15 is 0 Å². The Kier molecular flexibility index (Phi) is 5.24. The highest BCUT2D eigenvalue weighted by atomic mass is 35.5. The lowest BCUT2D eigenvalue weighted by Gasteiger charge is -2.19. The van der Waals surface area contributed by atoms with E-state index in [0.717, 1.165) is 10.1 Å². The molecule has 1 atom stereocenters. The van der Waals surface area contributed by atoms with E-state index in [1.54, 1.807) is 12.4 Å². The fraction of sp³-hybridized carbons (Fsp3) is 0.250. The van der Waals surface area contributed by atoms with Crippen LogP contribution in [-0.2, 0) is 32.5 Å². The highest BCUT2D eigenvalue weighted by Crippen LogP contribution is 2.21. The summed E-state index contributed by atoms with van der Waals surface area (Å²) in [5, 5.41) is 2.90. The third-order valence-corrected chi connectivity index (χ3v) is 5.45. The second kappa shape index (κ2) is 7.88. The van der Waals surface area contributed by atoms with E-state index in [9.17, 15) is 14.4 Å². The number of fused-ring (bicyclic) bond motifs is 1. The van der Waals surface area contributed by atoms with Gasteiger partial charge in [-0.25, -0.2) is 9.78 Å². The summed E-state index contributed by atoms with van der Waals surface area (Å²) in [5.41, 5.74) is -0.0473. The Bertz CT molecular complexity index is 1400. The predicted molar refractivity (Wildman–Crippen MR) is 115 cm³/mol. The summed E-state index contributed by atoms with van der Waals surface area (Å²) in [4.78, 5) is 46.3. The maximum atomic E-state index is 13.0. The van der Waals surface area contributed by atoms with Gasteiger partial charge in [-0.05, 0) is 17.2 Å². The van der Waals surface area contributed by atoms with Crippen molar-refractivity contribution in [3.8, 4) is 0 Å². The number of imidazole rings is 2. The van der Waals surface area contributed by atoms with Gasteiger partial charge in [-0.2, -0.15) is 4.98 Å². The van der Waals surface area contributed by atoms with E-state index in [0.29, 0.717) is 5.82 Å². The van der Waals surface area contributed by atoms with Crippen LogP contribution in [0.3, 0.4) is 0 Å². The van der Waals surface area contributed by atoms with Gasteiger partial charge in [0, 0.05) is 33.5 Å². The first kappa shape index (κ1) is 20.6. The number of aryl methyl sites for hydroxylation is 2. The number of halogens is 1. The fourth-order valence-electron chi connectivity index (χ4n) is 3.51. The lowest BCUT2D eigenvalue weighted by molar-refractivity contribution is -0.122. The molecule has 0 fully saturated rings. The number of hydrogen-bond acceptors (Lipinski definition) is 5. The Morgan fingerprint density at radius 2 is 1.84 bits per heavy atom. The van der Waals surface area contributed by atoms with Gasteiger partial charge >= 0.3 is 5.69 Å². The minimum absolute atomic E-state index is 0.0586. The second-order valence-electron chi connectivity index (χ2n) is 7.15. The summed E-state index contributed by atoms with van der Waals surface area (Å²) in [6.45, 7) is -0.253. The molecule has 0 radical (unpaired) electrons. The number of nitrogens with zero attached hydrogens (tertiary/aromatic N) is 6. The van der Waals surface area contributed by atoms with Crippen molar-refractivity contribution in [1.29, 1.82) is 0 Å². The summed E-state index contributed by atoms with van der Waals surface area (Å²) in [7, 11) is 4.70. The van der Waals surface area contributed by atoms with Crippen LogP contribution in [-0.4, -0.2) is 34.1 Å². The molecular weight excluding hydrogens is 422 g/mol. The zero-order valence-electron chi connectivity index (χ0n) is 17.1. The zero-order chi connectivity index (χ0) is 22.3. The van der Waals surface area contributed by atoms with Gasteiger partial charge in [0.05, 0.1) is 0 Å². The van der Waals surface area contributed by atoms with Gasteiger partial charge in [0.2, 0.25) is 11.2 Å². The van der Waals surface area contributed by atoms with Crippen LogP contribution in [0.2, 0.25) is 5.28 Å². The molecule has 3 aromatic heterocycles. The monoisotopic (exact) mass is 441 g/mol. The standard InChI is InChI=1S/C20H20ClN7O3/c1-25-10-9-22-16(25)14(12-7-5-4-6-8-12)23-13(29)11-28-15-17(24-19(28)21)26(2)20(31)27(3)18(15)30/h4-10,14H,11H2,1-3H3,(H,23,29)/t14-/m1/s1. The number of carbonyl (C=O) groups excluding carboxylic acids is 1. The summed E-state index contributed by atoms with van der Waals surface area (Å²) in [5.74, 6) is 0.258. The number of amides is 1. The third kappa shape index (κ3) is 3.55.